The molecule has 0 saturated carbocycles. The number of hydrogen-bond donors (Lipinski definition) is 1. The van der Waals surface area contributed by atoms with Gasteiger partial charge in [0.25, 0.3) is 0 Å². The van der Waals surface area contributed by atoms with Gasteiger partial charge in [0.15, 0.2) is 5.78 Å². The number of alkyl halides is 1. The van der Waals surface area contributed by atoms with E-state index in [1.54, 1.807) is 41.1 Å². The molecule has 4 aromatic rings. The predicted molar refractivity (Wildman–Crippen MR) is 108 cm³/mol. The first-order valence-corrected chi connectivity index (χ1v) is 9.38. The first kappa shape index (κ1) is 20.2. The number of rotatable bonds is 8. The molecule has 31 heavy (non-hydrogen) atoms. The molecule has 0 aliphatic heterocycles. The lowest BCUT2D eigenvalue weighted by Gasteiger charge is -2.04. The topological polar surface area (TPSA) is 112 Å². The van der Waals surface area contributed by atoms with Crippen LogP contribution in [0.3, 0.4) is 0 Å². The molecule has 0 radical (unpaired) electrons. The van der Waals surface area contributed by atoms with Gasteiger partial charge in [0.05, 0.1) is 24.0 Å². The minimum absolute atomic E-state index is 0.0169. The molecule has 4 rings (SSSR count). The smallest absolute Gasteiger partial charge is 0.339 e. The number of benzene rings is 1. The molecule has 3 aromatic heterocycles. The Balaban J connectivity index is 1.59. The first-order valence-electron chi connectivity index (χ1n) is 9.38. The molecule has 0 unspecified atom stereocenters. The van der Waals surface area contributed by atoms with Crippen molar-refractivity contribution in [2.75, 3.05) is 13.3 Å². The van der Waals surface area contributed by atoms with Crippen LogP contribution in [0.4, 0.5) is 4.39 Å². The Morgan fingerprint density at radius 3 is 2.84 bits per heavy atom. The summed E-state index contributed by atoms with van der Waals surface area (Å²) in [7, 11) is 1.52. The molecule has 0 aliphatic rings. The zero-order chi connectivity index (χ0) is 22.0. The second kappa shape index (κ2) is 8.34. The van der Waals surface area contributed by atoms with E-state index < -0.39 is 18.4 Å². The van der Waals surface area contributed by atoms with Gasteiger partial charge in [-0.05, 0) is 18.2 Å². The van der Waals surface area contributed by atoms with Gasteiger partial charge in [-0.1, -0.05) is 12.1 Å². The van der Waals surface area contributed by atoms with Gasteiger partial charge in [0, 0.05) is 25.0 Å². The van der Waals surface area contributed by atoms with Crippen LogP contribution in [0.2, 0.25) is 0 Å². The number of nitrogens with zero attached hydrogens (tertiary/aromatic N) is 5. The van der Waals surface area contributed by atoms with E-state index in [9.17, 15) is 19.1 Å². The number of ketones is 1. The number of halogens is 1. The number of Topliss-reactive ketones (excluding diaryl/α,β-unsaturated/α-hetero) is 1. The summed E-state index contributed by atoms with van der Waals surface area (Å²) >= 11 is 0. The molecule has 1 aromatic carbocycles. The molecule has 158 valence electrons. The molecule has 10 heteroatoms. The average molecular weight is 423 g/mol. The van der Waals surface area contributed by atoms with Crippen LogP contribution < -0.4 is 4.74 Å². The molecule has 1 N–H and O–H groups in total. The minimum atomic E-state index is -1.21. The lowest BCUT2D eigenvalue weighted by Crippen LogP contribution is -2.15. The number of carboxylic acids is 1. The van der Waals surface area contributed by atoms with E-state index in [2.05, 4.69) is 15.1 Å². The van der Waals surface area contributed by atoms with Crippen LogP contribution in [-0.4, -0.2) is 54.3 Å². The number of carbonyl (C=O) groups excluding carboxylic acids is 1. The summed E-state index contributed by atoms with van der Waals surface area (Å²) in [5.41, 5.74) is 1.74. The zero-order valence-corrected chi connectivity index (χ0v) is 16.5. The van der Waals surface area contributed by atoms with E-state index in [1.807, 2.05) is 6.07 Å². The van der Waals surface area contributed by atoms with Crippen LogP contribution in [0.5, 0.6) is 5.75 Å². The summed E-state index contributed by atoms with van der Waals surface area (Å²) in [4.78, 5) is 32.9. The highest BCUT2D eigenvalue weighted by atomic mass is 19.1. The summed E-state index contributed by atoms with van der Waals surface area (Å²) in [5.74, 6) is -0.690. The second-order valence-electron chi connectivity index (χ2n) is 6.75. The molecule has 0 spiro atoms. The Morgan fingerprint density at radius 2 is 2.06 bits per heavy atom. The number of imidazole rings is 1. The highest BCUT2D eigenvalue weighted by Gasteiger charge is 2.22. The normalized spacial score (nSPS) is 11.0. The van der Waals surface area contributed by atoms with Gasteiger partial charge >= 0.3 is 5.97 Å². The van der Waals surface area contributed by atoms with Gasteiger partial charge in [0.1, 0.15) is 30.3 Å². The van der Waals surface area contributed by atoms with E-state index in [-0.39, 0.29) is 24.3 Å². The van der Waals surface area contributed by atoms with Crippen molar-refractivity contribution < 1.29 is 23.8 Å². The molecule has 0 saturated heterocycles. The maximum atomic E-state index is 12.7. The summed E-state index contributed by atoms with van der Waals surface area (Å²) in [6.07, 6.45) is 4.57. The standard InChI is InChI=1S/C21H18FN5O4/c1-26-19(16(11-23-26)20(29)30)18(28)10-14-5-7-27-12-17(25-21(27)24-14)13-3-2-4-15(9-13)31-8-6-22/h2-5,7,9,11-12H,6,8,10H2,1H3,(H,29,30). The molecule has 9 nitrogen and oxygen atoms in total. The number of hydrogen-bond acceptors (Lipinski definition) is 6. The average Bonchev–Trinajstić information content (AvgIpc) is 3.35. The molecule has 3 heterocycles. The number of carbonyl (C=O) groups is 2. The van der Waals surface area contributed by atoms with Crippen LogP contribution in [-0.2, 0) is 13.5 Å². The number of carboxylic acid groups (broad SMARTS) is 1. The van der Waals surface area contributed by atoms with Crippen LogP contribution in [0.25, 0.3) is 17.0 Å². The van der Waals surface area contributed by atoms with Gasteiger partial charge in [-0.2, -0.15) is 5.10 Å². The first-order chi connectivity index (χ1) is 15.0. The number of ether oxygens (including phenoxy) is 1. The molecular formula is C21H18FN5O4. The highest BCUT2D eigenvalue weighted by Crippen LogP contribution is 2.23. The van der Waals surface area contributed by atoms with E-state index >= 15 is 0 Å². The van der Waals surface area contributed by atoms with Gasteiger partial charge < -0.3 is 9.84 Å². The maximum absolute atomic E-state index is 12.7. The molecule has 0 atom stereocenters. The van der Waals surface area contributed by atoms with Gasteiger partial charge in [-0.25, -0.2) is 19.2 Å². The SMILES string of the molecule is Cn1ncc(C(=O)O)c1C(=O)Cc1ccn2cc(-c3cccc(OCCF)c3)nc2n1. The van der Waals surface area contributed by atoms with E-state index in [4.69, 9.17) is 4.74 Å². The molecule has 0 fully saturated rings. The summed E-state index contributed by atoms with van der Waals surface area (Å²) in [6.45, 7) is -0.593. The summed E-state index contributed by atoms with van der Waals surface area (Å²) < 4.78 is 20.6. The summed E-state index contributed by atoms with van der Waals surface area (Å²) in [5, 5.41) is 13.1. The fourth-order valence-electron chi connectivity index (χ4n) is 3.22. The number of aromatic carboxylic acids is 1. The van der Waals surface area contributed by atoms with Crippen LogP contribution in [0.15, 0.2) is 48.9 Å². The Kier molecular flexibility index (Phi) is 5.44. The third kappa shape index (κ3) is 4.13. The van der Waals surface area contributed by atoms with Crippen molar-refractivity contribution in [1.82, 2.24) is 24.1 Å². The Hall–Kier alpha value is -4.08. The summed E-state index contributed by atoms with van der Waals surface area (Å²) in [6, 6.07) is 8.81. The van der Waals surface area contributed by atoms with Gasteiger partial charge in [-0.3, -0.25) is 13.9 Å². The van der Waals surface area contributed by atoms with Crippen molar-refractivity contribution in [2.45, 2.75) is 6.42 Å². The van der Waals surface area contributed by atoms with E-state index in [1.165, 1.54) is 11.7 Å². The Bertz CT molecular complexity index is 1280. The maximum Gasteiger partial charge on any atom is 0.339 e. The predicted octanol–water partition coefficient (Wildman–Crippen LogP) is 2.60. The fourth-order valence-corrected chi connectivity index (χ4v) is 3.22. The molecule has 0 aliphatic carbocycles. The number of fused-ring (bicyclic) bond motifs is 1. The van der Waals surface area contributed by atoms with Crippen molar-refractivity contribution in [3.8, 4) is 17.0 Å². The highest BCUT2D eigenvalue weighted by molar-refractivity contribution is 6.05. The monoisotopic (exact) mass is 423 g/mol. The second-order valence-corrected chi connectivity index (χ2v) is 6.75. The van der Waals surface area contributed by atoms with Gasteiger partial charge in [-0.15, -0.1) is 0 Å². The zero-order valence-electron chi connectivity index (χ0n) is 16.5. The largest absolute Gasteiger partial charge is 0.491 e. The van der Waals surface area contributed by atoms with Crippen LogP contribution >= 0.6 is 0 Å². The minimum Gasteiger partial charge on any atom is -0.491 e. The number of aryl methyl sites for hydroxylation is 1. The molecule has 0 bridgehead atoms. The molecular weight excluding hydrogens is 405 g/mol. The van der Waals surface area contributed by atoms with E-state index in [0.717, 1.165) is 11.8 Å². The van der Waals surface area contributed by atoms with E-state index in [0.29, 0.717) is 22.9 Å². The Morgan fingerprint density at radius 1 is 1.23 bits per heavy atom. The quantitative estimate of drug-likeness (QED) is 0.434. The third-order valence-electron chi connectivity index (χ3n) is 4.63. The Labute approximate surface area is 175 Å². The van der Waals surface area contributed by atoms with Crippen molar-refractivity contribution in [2.24, 2.45) is 7.05 Å². The fraction of sp³-hybridized carbons (Fsp3) is 0.190. The lowest BCUT2D eigenvalue weighted by molar-refractivity contribution is 0.0691. The number of aromatic nitrogens is 5. The van der Waals surface area contributed by atoms with Crippen molar-refractivity contribution in [1.29, 1.82) is 0 Å². The van der Waals surface area contributed by atoms with Crippen LogP contribution in [0, 0.1) is 0 Å². The lowest BCUT2D eigenvalue weighted by atomic mass is 10.1. The third-order valence-corrected chi connectivity index (χ3v) is 4.63. The van der Waals surface area contributed by atoms with Crippen molar-refractivity contribution >= 4 is 17.5 Å². The molecule has 0 amide bonds. The van der Waals surface area contributed by atoms with Crippen LogP contribution in [0.1, 0.15) is 26.5 Å². The van der Waals surface area contributed by atoms with Crippen molar-refractivity contribution in [3.05, 3.63) is 65.9 Å². The van der Waals surface area contributed by atoms with Crippen molar-refractivity contribution in [3.63, 3.8) is 0 Å². The van der Waals surface area contributed by atoms with Gasteiger partial charge in [0.2, 0.25) is 5.78 Å².